The first-order chi connectivity index (χ1) is 8.00. The molecule has 102 valence electrons. The zero-order chi connectivity index (χ0) is 12.5. The molecular formula is C14H20ClF2N. The number of piperidine rings is 1. The number of alkyl halides is 2. The van der Waals surface area contributed by atoms with E-state index in [1.54, 1.807) is 13.8 Å². The van der Waals surface area contributed by atoms with Crippen LogP contribution in [-0.4, -0.2) is 23.9 Å². The molecule has 0 radical (unpaired) electrons. The van der Waals surface area contributed by atoms with Crippen LogP contribution in [0.2, 0.25) is 0 Å². The molecule has 0 amide bonds. The molecule has 1 nitrogen and oxygen atoms in total. The second-order valence-electron chi connectivity index (χ2n) is 5.16. The molecule has 0 spiro atoms. The molecule has 1 heterocycles. The van der Waals surface area contributed by atoms with E-state index in [0.717, 1.165) is 6.54 Å². The zero-order valence-corrected chi connectivity index (χ0v) is 11.6. The number of halogens is 3. The first-order valence-corrected chi connectivity index (χ1v) is 6.14. The molecule has 1 aromatic rings. The second kappa shape index (κ2) is 5.98. The van der Waals surface area contributed by atoms with Gasteiger partial charge < -0.3 is 0 Å². The van der Waals surface area contributed by atoms with Crippen LogP contribution < -0.4 is 0 Å². The minimum atomic E-state index is -2.52. The summed E-state index contributed by atoms with van der Waals surface area (Å²) in [4.78, 5) is 2.13. The molecule has 1 saturated heterocycles. The molecule has 4 heteroatoms. The third-order valence-electron chi connectivity index (χ3n) is 3.63. The Morgan fingerprint density at radius 3 is 2.11 bits per heavy atom. The maximum atomic E-state index is 13.7. The third kappa shape index (κ3) is 3.21. The van der Waals surface area contributed by atoms with Crippen LogP contribution in [0.1, 0.15) is 19.4 Å². The number of benzene rings is 1. The van der Waals surface area contributed by atoms with Crippen LogP contribution in [0, 0.1) is 11.8 Å². The fraction of sp³-hybridized carbons (Fsp3) is 0.571. The van der Waals surface area contributed by atoms with Gasteiger partial charge in [-0.2, -0.15) is 0 Å². The topological polar surface area (TPSA) is 3.24 Å². The molecule has 1 aromatic carbocycles. The molecule has 0 aromatic heterocycles. The largest absolute Gasteiger partial charge is 0.298 e. The predicted octanol–water partition coefficient (Wildman–Crippen LogP) is 3.83. The van der Waals surface area contributed by atoms with Crippen LogP contribution >= 0.6 is 12.4 Å². The van der Waals surface area contributed by atoms with Gasteiger partial charge >= 0.3 is 0 Å². The smallest absolute Gasteiger partial charge is 0.255 e. The van der Waals surface area contributed by atoms with Crippen molar-refractivity contribution < 1.29 is 8.78 Å². The predicted molar refractivity (Wildman–Crippen MR) is 72.2 cm³/mol. The third-order valence-corrected chi connectivity index (χ3v) is 3.63. The summed E-state index contributed by atoms with van der Waals surface area (Å²) in [6.07, 6.45) is 0. The van der Waals surface area contributed by atoms with Gasteiger partial charge in [0.25, 0.3) is 5.92 Å². The fourth-order valence-electron chi connectivity index (χ4n) is 2.55. The summed E-state index contributed by atoms with van der Waals surface area (Å²) in [5.74, 6) is -3.64. The summed E-state index contributed by atoms with van der Waals surface area (Å²) in [6, 6.07) is 10.0. The van der Waals surface area contributed by atoms with Gasteiger partial charge in [-0.15, -0.1) is 12.4 Å². The number of rotatable bonds is 2. The average molecular weight is 276 g/mol. The van der Waals surface area contributed by atoms with E-state index >= 15 is 0 Å². The van der Waals surface area contributed by atoms with Crippen LogP contribution in [0.15, 0.2) is 30.3 Å². The van der Waals surface area contributed by atoms with Crippen molar-refractivity contribution in [3.8, 4) is 0 Å². The lowest BCUT2D eigenvalue weighted by Gasteiger charge is -2.41. The van der Waals surface area contributed by atoms with E-state index < -0.39 is 17.8 Å². The molecule has 1 aliphatic rings. The van der Waals surface area contributed by atoms with Crippen molar-refractivity contribution in [3.05, 3.63) is 35.9 Å². The summed E-state index contributed by atoms with van der Waals surface area (Å²) < 4.78 is 27.4. The van der Waals surface area contributed by atoms with E-state index in [1.807, 2.05) is 30.3 Å². The van der Waals surface area contributed by atoms with Gasteiger partial charge in [0.15, 0.2) is 0 Å². The Morgan fingerprint density at radius 2 is 1.61 bits per heavy atom. The van der Waals surface area contributed by atoms with Gasteiger partial charge in [-0.05, 0) is 5.56 Å². The molecule has 0 saturated carbocycles. The highest BCUT2D eigenvalue weighted by Gasteiger charge is 2.46. The standard InChI is InChI=1S/C14H19F2N.ClH/c1-11-8-17(9-12(2)14(11,15)16)10-13-6-4-3-5-7-13;/h3-7,11-12H,8-10H2,1-2H3;1H/t11-,12+;. The van der Waals surface area contributed by atoms with Crippen molar-refractivity contribution in [1.29, 1.82) is 0 Å². The normalized spacial score (nSPS) is 27.6. The number of hydrogen-bond donors (Lipinski definition) is 0. The summed E-state index contributed by atoms with van der Waals surface area (Å²) >= 11 is 0. The van der Waals surface area contributed by atoms with Gasteiger partial charge in [0.05, 0.1) is 0 Å². The molecule has 0 aliphatic carbocycles. The minimum Gasteiger partial charge on any atom is -0.298 e. The Kier molecular flexibility index (Phi) is 5.11. The molecule has 0 N–H and O–H groups in total. The van der Waals surface area contributed by atoms with E-state index in [4.69, 9.17) is 0 Å². The molecule has 1 fully saturated rings. The van der Waals surface area contributed by atoms with Gasteiger partial charge in [0, 0.05) is 31.5 Å². The van der Waals surface area contributed by atoms with Gasteiger partial charge in [0.2, 0.25) is 0 Å². The van der Waals surface area contributed by atoms with Gasteiger partial charge in [-0.3, -0.25) is 4.90 Å². The number of likely N-dealkylation sites (tertiary alicyclic amines) is 1. The highest BCUT2D eigenvalue weighted by atomic mass is 35.5. The first-order valence-electron chi connectivity index (χ1n) is 6.14. The molecule has 2 rings (SSSR count). The van der Waals surface area contributed by atoms with E-state index in [1.165, 1.54) is 5.56 Å². The van der Waals surface area contributed by atoms with E-state index in [-0.39, 0.29) is 12.4 Å². The van der Waals surface area contributed by atoms with Crippen molar-refractivity contribution in [3.63, 3.8) is 0 Å². The maximum absolute atomic E-state index is 13.7. The highest BCUT2D eigenvalue weighted by molar-refractivity contribution is 5.85. The minimum absolute atomic E-state index is 0. The molecule has 0 unspecified atom stereocenters. The molecule has 1 aliphatic heterocycles. The van der Waals surface area contributed by atoms with Crippen molar-refractivity contribution in [2.75, 3.05) is 13.1 Å². The Balaban J connectivity index is 0.00000162. The lowest BCUT2D eigenvalue weighted by Crippen LogP contribution is -2.51. The van der Waals surface area contributed by atoms with Gasteiger partial charge in [-0.25, -0.2) is 8.78 Å². The number of hydrogen-bond acceptors (Lipinski definition) is 1. The number of nitrogens with zero attached hydrogens (tertiary/aromatic N) is 1. The first kappa shape index (κ1) is 15.4. The van der Waals surface area contributed by atoms with E-state index in [9.17, 15) is 8.78 Å². The lowest BCUT2D eigenvalue weighted by atomic mass is 9.87. The average Bonchev–Trinajstić information content (AvgIpc) is 2.28. The molecular weight excluding hydrogens is 256 g/mol. The van der Waals surface area contributed by atoms with E-state index in [2.05, 4.69) is 4.90 Å². The summed E-state index contributed by atoms with van der Waals surface area (Å²) in [6.45, 7) is 5.02. The molecule has 0 bridgehead atoms. The summed E-state index contributed by atoms with van der Waals surface area (Å²) in [7, 11) is 0. The maximum Gasteiger partial charge on any atom is 0.255 e. The summed E-state index contributed by atoms with van der Waals surface area (Å²) in [5, 5.41) is 0. The zero-order valence-electron chi connectivity index (χ0n) is 10.8. The van der Waals surface area contributed by atoms with Gasteiger partial charge in [0.1, 0.15) is 0 Å². The molecule has 2 atom stereocenters. The monoisotopic (exact) mass is 275 g/mol. The Hall–Kier alpha value is -0.670. The second-order valence-corrected chi connectivity index (χ2v) is 5.16. The van der Waals surface area contributed by atoms with Crippen molar-refractivity contribution in [2.24, 2.45) is 11.8 Å². The Bertz CT molecular complexity index is 355. The quantitative estimate of drug-likeness (QED) is 0.793. The van der Waals surface area contributed by atoms with Gasteiger partial charge in [-0.1, -0.05) is 44.2 Å². The van der Waals surface area contributed by atoms with Crippen LogP contribution in [0.4, 0.5) is 8.78 Å². The Morgan fingerprint density at radius 1 is 1.11 bits per heavy atom. The lowest BCUT2D eigenvalue weighted by molar-refractivity contribution is -0.140. The van der Waals surface area contributed by atoms with Crippen LogP contribution in [0.25, 0.3) is 0 Å². The summed E-state index contributed by atoms with van der Waals surface area (Å²) in [5.41, 5.74) is 1.19. The van der Waals surface area contributed by atoms with Crippen molar-refractivity contribution in [2.45, 2.75) is 26.3 Å². The SMILES string of the molecule is C[C@@H]1CN(Cc2ccccc2)C[C@H](C)C1(F)F.Cl. The van der Waals surface area contributed by atoms with Crippen LogP contribution in [0.3, 0.4) is 0 Å². The Labute approximate surface area is 114 Å². The highest BCUT2D eigenvalue weighted by Crippen LogP contribution is 2.37. The van der Waals surface area contributed by atoms with Crippen LogP contribution in [0.5, 0.6) is 0 Å². The van der Waals surface area contributed by atoms with Crippen molar-refractivity contribution in [1.82, 2.24) is 4.90 Å². The van der Waals surface area contributed by atoms with Crippen molar-refractivity contribution >= 4 is 12.4 Å². The van der Waals surface area contributed by atoms with E-state index in [0.29, 0.717) is 13.1 Å². The molecule has 18 heavy (non-hydrogen) atoms. The fourth-order valence-corrected chi connectivity index (χ4v) is 2.55. The van der Waals surface area contributed by atoms with Crippen LogP contribution in [-0.2, 0) is 6.54 Å².